The molecule has 1 aromatic carbocycles. The van der Waals surface area contributed by atoms with Crippen molar-refractivity contribution in [3.8, 4) is 0 Å². The van der Waals surface area contributed by atoms with E-state index in [4.69, 9.17) is 4.74 Å². The number of carbonyl (C=O) groups excluding carboxylic acids is 2. The summed E-state index contributed by atoms with van der Waals surface area (Å²) in [4.78, 5) is 25.9. The van der Waals surface area contributed by atoms with Crippen molar-refractivity contribution in [2.24, 2.45) is 5.92 Å². The second-order valence-corrected chi connectivity index (χ2v) is 5.74. The van der Waals surface area contributed by atoms with E-state index in [2.05, 4.69) is 5.32 Å². The molecule has 1 fully saturated rings. The maximum atomic E-state index is 12.1. The number of benzene rings is 1. The Morgan fingerprint density at radius 2 is 2.05 bits per heavy atom. The van der Waals surface area contributed by atoms with Gasteiger partial charge < -0.3 is 10.1 Å². The normalized spacial score (nSPS) is 18.7. The van der Waals surface area contributed by atoms with Gasteiger partial charge in [0.25, 0.3) is 0 Å². The molecule has 5 heteroatoms. The van der Waals surface area contributed by atoms with Crippen LogP contribution in [0.15, 0.2) is 24.3 Å². The van der Waals surface area contributed by atoms with Crippen LogP contribution in [-0.4, -0.2) is 43.0 Å². The van der Waals surface area contributed by atoms with Crippen molar-refractivity contribution in [2.45, 2.75) is 26.7 Å². The molecule has 0 aromatic heterocycles. The summed E-state index contributed by atoms with van der Waals surface area (Å²) in [6.07, 6.45) is 1.76. The van der Waals surface area contributed by atoms with Gasteiger partial charge in [0.1, 0.15) is 0 Å². The average Bonchev–Trinajstić information content (AvgIpc) is 2.50. The number of nitrogens with one attached hydrogen (secondary N) is 1. The summed E-state index contributed by atoms with van der Waals surface area (Å²) < 4.78 is 5.08. The lowest BCUT2D eigenvalue weighted by Gasteiger charge is -2.30. The van der Waals surface area contributed by atoms with Crippen molar-refractivity contribution in [1.29, 1.82) is 0 Å². The van der Waals surface area contributed by atoms with Gasteiger partial charge >= 0.3 is 5.97 Å². The van der Waals surface area contributed by atoms with Crippen LogP contribution >= 0.6 is 0 Å². The van der Waals surface area contributed by atoms with Crippen molar-refractivity contribution in [2.75, 3.05) is 31.6 Å². The molecule has 0 unspecified atom stereocenters. The Bertz CT molecular complexity index is 513. The first kappa shape index (κ1) is 16.5. The standard InChI is InChI=1S/C17H24N2O3/c1-3-22-17(21)14-5-4-10-19(11-14)12-16(20)18-15-8-6-13(2)7-9-15/h6-9,14H,3-5,10-12H2,1-2H3,(H,18,20)/t14-/m1/s1. The third-order valence-electron chi connectivity index (χ3n) is 3.83. The van der Waals surface area contributed by atoms with E-state index in [-0.39, 0.29) is 17.8 Å². The number of esters is 1. The summed E-state index contributed by atoms with van der Waals surface area (Å²) in [6.45, 7) is 5.98. The number of hydrogen-bond acceptors (Lipinski definition) is 4. The van der Waals surface area contributed by atoms with Crippen molar-refractivity contribution in [1.82, 2.24) is 4.90 Å². The summed E-state index contributed by atoms with van der Waals surface area (Å²) in [5.41, 5.74) is 1.96. The molecule has 0 aliphatic carbocycles. The van der Waals surface area contributed by atoms with Gasteiger partial charge in [-0.2, -0.15) is 0 Å². The summed E-state index contributed by atoms with van der Waals surface area (Å²) in [7, 11) is 0. The number of aryl methyl sites for hydroxylation is 1. The predicted molar refractivity (Wildman–Crippen MR) is 85.6 cm³/mol. The van der Waals surface area contributed by atoms with E-state index in [1.807, 2.05) is 43.0 Å². The molecule has 1 N–H and O–H groups in total. The molecule has 2 rings (SSSR count). The van der Waals surface area contributed by atoms with Crippen LogP contribution in [0, 0.1) is 12.8 Å². The molecular formula is C17H24N2O3. The fourth-order valence-corrected chi connectivity index (χ4v) is 2.69. The quantitative estimate of drug-likeness (QED) is 0.847. The number of piperidine rings is 1. The van der Waals surface area contributed by atoms with Crippen LogP contribution < -0.4 is 5.32 Å². The minimum absolute atomic E-state index is 0.0478. The molecule has 120 valence electrons. The molecule has 1 aliphatic rings. The van der Waals surface area contributed by atoms with Crippen LogP contribution in [0.4, 0.5) is 5.69 Å². The van der Waals surface area contributed by atoms with Crippen LogP contribution in [-0.2, 0) is 14.3 Å². The van der Waals surface area contributed by atoms with Gasteiger partial charge in [0.15, 0.2) is 0 Å². The van der Waals surface area contributed by atoms with Crippen LogP contribution in [0.3, 0.4) is 0 Å². The molecule has 1 saturated heterocycles. The second-order valence-electron chi connectivity index (χ2n) is 5.74. The highest BCUT2D eigenvalue weighted by atomic mass is 16.5. The Balaban J connectivity index is 1.83. The zero-order valence-corrected chi connectivity index (χ0v) is 13.3. The van der Waals surface area contributed by atoms with E-state index in [0.29, 0.717) is 19.7 Å². The number of likely N-dealkylation sites (tertiary alicyclic amines) is 1. The summed E-state index contributed by atoms with van der Waals surface area (Å²) in [5, 5.41) is 2.89. The van der Waals surface area contributed by atoms with E-state index >= 15 is 0 Å². The minimum Gasteiger partial charge on any atom is -0.466 e. The lowest BCUT2D eigenvalue weighted by Crippen LogP contribution is -2.43. The number of hydrogen-bond donors (Lipinski definition) is 1. The predicted octanol–water partition coefficient (Wildman–Crippen LogP) is 2.21. The number of amides is 1. The maximum Gasteiger partial charge on any atom is 0.310 e. The van der Waals surface area contributed by atoms with Crippen molar-refractivity contribution in [3.05, 3.63) is 29.8 Å². The van der Waals surface area contributed by atoms with E-state index in [1.165, 1.54) is 0 Å². The van der Waals surface area contributed by atoms with E-state index < -0.39 is 0 Å². The number of anilines is 1. The monoisotopic (exact) mass is 304 g/mol. The highest BCUT2D eigenvalue weighted by Gasteiger charge is 2.27. The Morgan fingerprint density at radius 1 is 1.32 bits per heavy atom. The highest BCUT2D eigenvalue weighted by Crippen LogP contribution is 2.18. The number of nitrogens with zero attached hydrogens (tertiary/aromatic N) is 1. The van der Waals surface area contributed by atoms with Gasteiger partial charge in [0.05, 0.1) is 19.1 Å². The molecule has 0 spiro atoms. The van der Waals surface area contributed by atoms with Gasteiger partial charge in [-0.05, 0) is 45.4 Å². The van der Waals surface area contributed by atoms with Gasteiger partial charge in [-0.15, -0.1) is 0 Å². The molecule has 1 aromatic rings. The van der Waals surface area contributed by atoms with Gasteiger partial charge in [0.2, 0.25) is 5.91 Å². The van der Waals surface area contributed by atoms with Gasteiger partial charge in [-0.25, -0.2) is 0 Å². The molecule has 1 amide bonds. The van der Waals surface area contributed by atoms with Crippen LogP contribution in [0.1, 0.15) is 25.3 Å². The zero-order chi connectivity index (χ0) is 15.9. The molecule has 1 heterocycles. The summed E-state index contributed by atoms with van der Waals surface area (Å²) in [6, 6.07) is 7.72. The lowest BCUT2D eigenvalue weighted by atomic mass is 9.98. The molecule has 1 aliphatic heterocycles. The van der Waals surface area contributed by atoms with E-state index in [0.717, 1.165) is 30.6 Å². The Kier molecular flexibility index (Phi) is 5.95. The molecule has 0 saturated carbocycles. The Morgan fingerprint density at radius 3 is 2.73 bits per heavy atom. The first-order valence-electron chi connectivity index (χ1n) is 7.84. The largest absolute Gasteiger partial charge is 0.466 e. The SMILES string of the molecule is CCOC(=O)[C@@H]1CCCN(CC(=O)Nc2ccc(C)cc2)C1. The Labute approximate surface area is 131 Å². The molecule has 1 atom stereocenters. The van der Waals surface area contributed by atoms with E-state index in [9.17, 15) is 9.59 Å². The minimum atomic E-state index is -0.147. The maximum absolute atomic E-state index is 12.1. The Hall–Kier alpha value is -1.88. The van der Waals surface area contributed by atoms with Crippen LogP contribution in [0.5, 0.6) is 0 Å². The van der Waals surface area contributed by atoms with Crippen molar-refractivity contribution in [3.63, 3.8) is 0 Å². The number of rotatable bonds is 5. The number of ether oxygens (including phenoxy) is 1. The van der Waals surface area contributed by atoms with Crippen LogP contribution in [0.2, 0.25) is 0 Å². The lowest BCUT2D eigenvalue weighted by molar-refractivity contribution is -0.150. The van der Waals surface area contributed by atoms with Gasteiger partial charge in [0, 0.05) is 12.2 Å². The molecule has 0 bridgehead atoms. The third-order valence-corrected chi connectivity index (χ3v) is 3.83. The highest BCUT2D eigenvalue weighted by molar-refractivity contribution is 5.92. The third kappa shape index (κ3) is 4.84. The van der Waals surface area contributed by atoms with Crippen molar-refractivity contribution < 1.29 is 14.3 Å². The zero-order valence-electron chi connectivity index (χ0n) is 13.3. The molecular weight excluding hydrogens is 280 g/mol. The first-order chi connectivity index (χ1) is 10.6. The average molecular weight is 304 g/mol. The van der Waals surface area contributed by atoms with Gasteiger partial charge in [-0.1, -0.05) is 17.7 Å². The fraction of sp³-hybridized carbons (Fsp3) is 0.529. The van der Waals surface area contributed by atoms with Crippen LogP contribution in [0.25, 0.3) is 0 Å². The molecule has 22 heavy (non-hydrogen) atoms. The second kappa shape index (κ2) is 7.94. The fourth-order valence-electron chi connectivity index (χ4n) is 2.69. The molecule has 5 nitrogen and oxygen atoms in total. The van der Waals surface area contributed by atoms with Crippen molar-refractivity contribution >= 4 is 17.6 Å². The smallest absolute Gasteiger partial charge is 0.310 e. The topological polar surface area (TPSA) is 58.6 Å². The summed E-state index contributed by atoms with van der Waals surface area (Å²) in [5.74, 6) is -0.305. The first-order valence-corrected chi connectivity index (χ1v) is 7.84. The molecule has 0 radical (unpaired) electrons. The number of carbonyl (C=O) groups is 2. The van der Waals surface area contributed by atoms with Gasteiger partial charge in [-0.3, -0.25) is 14.5 Å². The summed E-state index contributed by atoms with van der Waals surface area (Å²) >= 11 is 0. The van der Waals surface area contributed by atoms with E-state index in [1.54, 1.807) is 0 Å².